The number of aliphatic hydroxyl groups excluding tert-OH is 2. The number of rotatable bonds is 1. The van der Waals surface area contributed by atoms with E-state index in [2.05, 4.69) is 54.6 Å². The summed E-state index contributed by atoms with van der Waals surface area (Å²) in [5.74, 6) is 0.831. The van der Waals surface area contributed by atoms with Crippen LogP contribution in [-0.4, -0.2) is 27.4 Å². The molecule has 3 aromatic carbocycles. The number of benzene rings is 3. The predicted octanol–water partition coefficient (Wildman–Crippen LogP) is 5.77. The van der Waals surface area contributed by atoms with E-state index in [1.54, 1.807) is 0 Å². The Bertz CT molecular complexity index is 1180. The number of fused-ring (bicyclic) bond motifs is 4. The van der Waals surface area contributed by atoms with Gasteiger partial charge in [-0.1, -0.05) is 48.9 Å². The van der Waals surface area contributed by atoms with Crippen molar-refractivity contribution in [2.45, 2.75) is 44.3 Å². The van der Waals surface area contributed by atoms with Crippen LogP contribution in [0.25, 0.3) is 32.9 Å². The number of hydrogen-bond donors (Lipinski definition) is 2. The molecular weight excluding hydrogens is 575 g/mol. The molecule has 4 unspecified atom stereocenters. The molecule has 0 amide bonds. The number of aliphatic hydroxyl groups is 2. The molecule has 2 N–H and O–H groups in total. The third-order valence-corrected chi connectivity index (χ3v) is 6.92. The summed E-state index contributed by atoms with van der Waals surface area (Å²) in [6, 6.07) is 28.0. The fraction of sp³-hybridized carbons (Fsp3) is 0.321. The molecule has 0 aliphatic heterocycles. The molecule has 32 heavy (non-hydrogen) atoms. The molecule has 167 valence electrons. The van der Waals surface area contributed by atoms with Gasteiger partial charge in [-0.15, -0.1) is 35.9 Å². The third kappa shape index (κ3) is 4.65. The van der Waals surface area contributed by atoms with Crippen LogP contribution in [0.4, 0.5) is 0 Å². The molecule has 1 heterocycles. The molecule has 0 saturated heterocycles. The van der Waals surface area contributed by atoms with Gasteiger partial charge in [0.2, 0.25) is 0 Å². The number of aromatic nitrogens is 1. The zero-order valence-electron chi connectivity index (χ0n) is 17.9. The Labute approximate surface area is 202 Å². The minimum Gasteiger partial charge on any atom is -0.393 e. The number of nitrogens with zero attached hydrogens (tertiary/aromatic N) is 1. The molecule has 0 bridgehead atoms. The second-order valence-corrected chi connectivity index (χ2v) is 8.81. The van der Waals surface area contributed by atoms with Crippen LogP contribution in [0.1, 0.15) is 32.1 Å². The van der Waals surface area contributed by atoms with Gasteiger partial charge >= 0.3 is 0 Å². The number of hydrogen-bond acceptors (Lipinski definition) is 3. The van der Waals surface area contributed by atoms with Gasteiger partial charge in [0.15, 0.2) is 0 Å². The van der Waals surface area contributed by atoms with Gasteiger partial charge in [0.1, 0.15) is 0 Å². The van der Waals surface area contributed by atoms with Gasteiger partial charge in [-0.05, 0) is 54.1 Å². The summed E-state index contributed by atoms with van der Waals surface area (Å²) < 4.78 is 0. The van der Waals surface area contributed by atoms with E-state index in [4.69, 9.17) is 4.98 Å². The molecule has 2 fully saturated rings. The Morgan fingerprint density at radius 2 is 1.56 bits per heavy atom. The largest absolute Gasteiger partial charge is 0.393 e. The first kappa shape index (κ1) is 23.1. The predicted molar refractivity (Wildman–Crippen MR) is 126 cm³/mol. The zero-order valence-corrected chi connectivity index (χ0v) is 20.3. The molecule has 4 aromatic rings. The summed E-state index contributed by atoms with van der Waals surface area (Å²) in [6.45, 7) is 0. The van der Waals surface area contributed by atoms with E-state index in [9.17, 15) is 10.2 Å². The molecule has 3 nitrogen and oxygen atoms in total. The Balaban J connectivity index is 0.000000174. The first-order chi connectivity index (χ1) is 15.2. The second kappa shape index (κ2) is 10.2. The smallest absolute Gasteiger partial charge is 0.0601 e. The van der Waals surface area contributed by atoms with E-state index in [0.29, 0.717) is 5.92 Å². The van der Waals surface area contributed by atoms with Crippen LogP contribution < -0.4 is 0 Å². The van der Waals surface area contributed by atoms with Crippen LogP contribution in [0.3, 0.4) is 0 Å². The standard InChI is InChI=1S/C19H12N.C9H16O2.Ir/c1-2-7-15(8-3-1)18-13-11-17-16-9-5-4-6-14(16)10-12-19(17)20-18;10-7-3-1-2-6-4-5-8(11)9(6)7;/h1-7,9-13H;6-11H,1-5H2;/q-1;;. The summed E-state index contributed by atoms with van der Waals surface area (Å²) in [4.78, 5) is 4.76. The quantitative estimate of drug-likeness (QED) is 0.215. The summed E-state index contributed by atoms with van der Waals surface area (Å²) in [6.07, 6.45) is 4.88. The molecule has 2 saturated carbocycles. The SMILES string of the molecule is OC1CCCC2CCC(O)C12.[Ir].[c-]1ccccc1-c1ccc2c(ccc3ccccc32)n1. The van der Waals surface area contributed by atoms with Crippen molar-refractivity contribution in [1.82, 2.24) is 4.98 Å². The molecule has 0 spiro atoms. The van der Waals surface area contributed by atoms with E-state index >= 15 is 0 Å². The fourth-order valence-electron chi connectivity index (χ4n) is 5.36. The van der Waals surface area contributed by atoms with Crippen LogP contribution in [-0.2, 0) is 20.1 Å². The average molecular weight is 603 g/mol. The van der Waals surface area contributed by atoms with Gasteiger partial charge in [0.25, 0.3) is 0 Å². The van der Waals surface area contributed by atoms with E-state index in [1.807, 2.05) is 24.3 Å². The van der Waals surface area contributed by atoms with Crippen molar-refractivity contribution < 1.29 is 30.3 Å². The summed E-state index contributed by atoms with van der Waals surface area (Å²) in [5, 5.41) is 22.8. The minimum absolute atomic E-state index is 0. The first-order valence-electron chi connectivity index (χ1n) is 11.3. The number of pyridine rings is 1. The molecule has 2 aliphatic rings. The van der Waals surface area contributed by atoms with Crippen molar-refractivity contribution >= 4 is 21.7 Å². The molecule has 1 aromatic heterocycles. The van der Waals surface area contributed by atoms with Gasteiger partial charge in [0.05, 0.1) is 17.7 Å². The molecule has 4 atom stereocenters. The molecule has 1 radical (unpaired) electrons. The van der Waals surface area contributed by atoms with Crippen molar-refractivity contribution in [3.63, 3.8) is 0 Å². The van der Waals surface area contributed by atoms with Crippen LogP contribution in [0.2, 0.25) is 0 Å². The topological polar surface area (TPSA) is 53.4 Å². The van der Waals surface area contributed by atoms with E-state index in [0.717, 1.165) is 42.5 Å². The summed E-state index contributed by atoms with van der Waals surface area (Å²) in [7, 11) is 0. The molecule has 6 rings (SSSR count). The summed E-state index contributed by atoms with van der Waals surface area (Å²) >= 11 is 0. The Hall–Kier alpha value is -2.10. The Morgan fingerprint density at radius 3 is 2.38 bits per heavy atom. The van der Waals surface area contributed by atoms with Crippen LogP contribution in [0.15, 0.2) is 72.8 Å². The van der Waals surface area contributed by atoms with Crippen LogP contribution >= 0.6 is 0 Å². The average Bonchev–Trinajstić information content (AvgIpc) is 3.21. The molecular formula is C28H28IrNO2-. The monoisotopic (exact) mass is 603 g/mol. The maximum absolute atomic E-state index is 9.59. The van der Waals surface area contributed by atoms with Gasteiger partial charge in [-0.3, -0.25) is 4.98 Å². The third-order valence-electron chi connectivity index (χ3n) is 6.92. The maximum Gasteiger partial charge on any atom is 0.0601 e. The summed E-state index contributed by atoms with van der Waals surface area (Å²) in [5.41, 5.74) is 3.02. The van der Waals surface area contributed by atoms with E-state index in [-0.39, 0.29) is 38.2 Å². The van der Waals surface area contributed by atoms with Crippen LogP contribution in [0.5, 0.6) is 0 Å². The van der Waals surface area contributed by atoms with E-state index in [1.165, 1.54) is 22.6 Å². The van der Waals surface area contributed by atoms with Crippen LogP contribution in [0, 0.1) is 17.9 Å². The second-order valence-electron chi connectivity index (χ2n) is 8.81. The van der Waals surface area contributed by atoms with Gasteiger partial charge in [-0.2, -0.15) is 0 Å². The minimum atomic E-state index is -0.216. The Morgan fingerprint density at radius 1 is 0.750 bits per heavy atom. The Kier molecular flexibility index (Phi) is 7.37. The molecule has 4 heteroatoms. The normalized spacial score (nSPS) is 24.3. The van der Waals surface area contributed by atoms with E-state index < -0.39 is 0 Å². The van der Waals surface area contributed by atoms with Gasteiger partial charge in [-0.25, -0.2) is 0 Å². The first-order valence-corrected chi connectivity index (χ1v) is 11.3. The van der Waals surface area contributed by atoms with Gasteiger partial charge in [0, 0.05) is 31.4 Å². The van der Waals surface area contributed by atoms with Crippen molar-refractivity contribution in [2.75, 3.05) is 0 Å². The molecule has 2 aliphatic carbocycles. The zero-order chi connectivity index (χ0) is 21.2. The van der Waals surface area contributed by atoms with Crippen molar-refractivity contribution in [2.24, 2.45) is 11.8 Å². The van der Waals surface area contributed by atoms with Crippen molar-refractivity contribution in [1.29, 1.82) is 0 Å². The maximum atomic E-state index is 9.59. The van der Waals surface area contributed by atoms with Crippen molar-refractivity contribution in [3.8, 4) is 11.3 Å². The fourth-order valence-corrected chi connectivity index (χ4v) is 5.36. The van der Waals surface area contributed by atoms with Crippen molar-refractivity contribution in [3.05, 3.63) is 78.9 Å². The van der Waals surface area contributed by atoms with Gasteiger partial charge < -0.3 is 10.2 Å².